The molecular weight excluding hydrogens is 218 g/mol. The van der Waals surface area contributed by atoms with E-state index in [4.69, 9.17) is 4.74 Å². The molecule has 0 heterocycles. The van der Waals surface area contributed by atoms with Crippen LogP contribution in [-0.2, 0) is 9.53 Å². The van der Waals surface area contributed by atoms with Gasteiger partial charge in [0.05, 0.1) is 0 Å². The Morgan fingerprint density at radius 2 is 2.00 bits per heavy atom. The molecule has 2 N–H and O–H groups in total. The molecule has 0 atom stereocenters. The van der Waals surface area contributed by atoms with Crippen molar-refractivity contribution < 1.29 is 14.6 Å². The summed E-state index contributed by atoms with van der Waals surface area (Å²) in [4.78, 5) is 11.2. The zero-order chi connectivity index (χ0) is 12.6. The van der Waals surface area contributed by atoms with E-state index in [0.29, 0.717) is 0 Å². The lowest BCUT2D eigenvalue weighted by Crippen LogP contribution is -2.50. The number of nitrogens with one attached hydrogen (secondary N) is 1. The number of rotatable bonds is 9. The molecule has 0 bridgehead atoms. The second kappa shape index (κ2) is 7.67. The van der Waals surface area contributed by atoms with Crippen LogP contribution in [0.2, 0.25) is 0 Å². The van der Waals surface area contributed by atoms with Crippen LogP contribution in [0, 0.1) is 0 Å². The molecule has 100 valence electrons. The van der Waals surface area contributed by atoms with Gasteiger partial charge in [-0.1, -0.05) is 12.8 Å². The maximum Gasteiger partial charge on any atom is 0.323 e. The van der Waals surface area contributed by atoms with Crippen LogP contribution in [0.5, 0.6) is 0 Å². The zero-order valence-corrected chi connectivity index (χ0v) is 10.8. The minimum Gasteiger partial charge on any atom is -0.480 e. The Morgan fingerprint density at radius 3 is 2.59 bits per heavy atom. The highest BCUT2D eigenvalue weighted by Gasteiger charge is 2.40. The van der Waals surface area contributed by atoms with Crippen molar-refractivity contribution in [2.24, 2.45) is 0 Å². The van der Waals surface area contributed by atoms with Crippen LogP contribution in [0.3, 0.4) is 0 Å². The predicted octanol–water partition coefficient (Wildman–Crippen LogP) is 2.18. The minimum absolute atomic E-state index is 0.625. The van der Waals surface area contributed by atoms with Crippen LogP contribution >= 0.6 is 0 Å². The summed E-state index contributed by atoms with van der Waals surface area (Å²) in [5.41, 5.74) is -0.625. The third-order valence-corrected chi connectivity index (χ3v) is 3.50. The van der Waals surface area contributed by atoms with Gasteiger partial charge < -0.3 is 15.2 Å². The Balaban J connectivity index is 2.10. The molecule has 0 aromatic heterocycles. The van der Waals surface area contributed by atoms with Crippen LogP contribution in [0.15, 0.2) is 0 Å². The SMILES string of the molecule is CCOCCCCCNC1(C(=O)O)CCCC1. The average Bonchev–Trinajstić information content (AvgIpc) is 2.78. The number of aliphatic carboxylic acids is 1. The van der Waals surface area contributed by atoms with Gasteiger partial charge in [0.1, 0.15) is 5.54 Å². The van der Waals surface area contributed by atoms with Crippen LogP contribution in [-0.4, -0.2) is 36.4 Å². The standard InChI is InChI=1S/C13H25NO3/c1-2-17-11-7-3-6-10-14-13(12(15)16)8-4-5-9-13/h14H,2-11H2,1H3,(H,15,16). The Labute approximate surface area is 104 Å². The molecule has 4 nitrogen and oxygen atoms in total. The molecule has 1 rings (SSSR count). The first kappa shape index (κ1) is 14.5. The Bertz CT molecular complexity index is 225. The number of carboxylic acid groups (broad SMARTS) is 1. The quantitative estimate of drug-likeness (QED) is 0.609. The normalized spacial score (nSPS) is 18.4. The third-order valence-electron chi connectivity index (χ3n) is 3.50. The molecular formula is C13H25NO3. The van der Waals surface area contributed by atoms with Crippen LogP contribution in [0.4, 0.5) is 0 Å². The van der Waals surface area contributed by atoms with E-state index in [-0.39, 0.29) is 0 Å². The van der Waals surface area contributed by atoms with Crippen molar-refractivity contribution in [2.45, 2.75) is 57.4 Å². The summed E-state index contributed by atoms with van der Waals surface area (Å²) in [7, 11) is 0. The van der Waals surface area contributed by atoms with Gasteiger partial charge in [-0.15, -0.1) is 0 Å². The van der Waals surface area contributed by atoms with E-state index in [0.717, 1.165) is 64.7 Å². The van der Waals surface area contributed by atoms with E-state index in [1.54, 1.807) is 0 Å². The molecule has 1 fully saturated rings. The molecule has 17 heavy (non-hydrogen) atoms. The molecule has 0 amide bonds. The number of unbranched alkanes of at least 4 members (excludes halogenated alkanes) is 2. The first-order chi connectivity index (χ1) is 8.21. The van der Waals surface area contributed by atoms with Crippen molar-refractivity contribution in [1.29, 1.82) is 0 Å². The number of carbonyl (C=O) groups is 1. The lowest BCUT2D eigenvalue weighted by molar-refractivity contribution is -0.144. The Morgan fingerprint density at radius 1 is 1.29 bits per heavy atom. The predicted molar refractivity (Wildman–Crippen MR) is 67.2 cm³/mol. The molecule has 0 unspecified atom stereocenters. The monoisotopic (exact) mass is 243 g/mol. The lowest BCUT2D eigenvalue weighted by atomic mass is 9.97. The van der Waals surface area contributed by atoms with Crippen molar-refractivity contribution in [3.8, 4) is 0 Å². The van der Waals surface area contributed by atoms with E-state index in [1.807, 2.05) is 6.92 Å². The first-order valence-corrected chi connectivity index (χ1v) is 6.77. The van der Waals surface area contributed by atoms with Crippen molar-refractivity contribution in [3.63, 3.8) is 0 Å². The van der Waals surface area contributed by atoms with Gasteiger partial charge in [-0.2, -0.15) is 0 Å². The Hall–Kier alpha value is -0.610. The summed E-state index contributed by atoms with van der Waals surface area (Å²) in [5.74, 6) is -0.677. The van der Waals surface area contributed by atoms with Crippen molar-refractivity contribution in [1.82, 2.24) is 5.32 Å². The third kappa shape index (κ3) is 4.64. The molecule has 0 radical (unpaired) electrons. The molecule has 0 aromatic carbocycles. The molecule has 1 saturated carbocycles. The van der Waals surface area contributed by atoms with Gasteiger partial charge in [0.2, 0.25) is 0 Å². The highest BCUT2D eigenvalue weighted by molar-refractivity contribution is 5.79. The number of ether oxygens (including phenoxy) is 1. The topological polar surface area (TPSA) is 58.6 Å². The lowest BCUT2D eigenvalue weighted by Gasteiger charge is -2.25. The summed E-state index contributed by atoms with van der Waals surface area (Å²) < 4.78 is 5.26. The summed E-state index contributed by atoms with van der Waals surface area (Å²) in [6.45, 7) is 4.40. The average molecular weight is 243 g/mol. The molecule has 0 spiro atoms. The molecule has 1 aliphatic rings. The fourth-order valence-corrected chi connectivity index (χ4v) is 2.42. The van der Waals surface area contributed by atoms with E-state index in [9.17, 15) is 9.90 Å². The van der Waals surface area contributed by atoms with Crippen LogP contribution in [0.25, 0.3) is 0 Å². The van der Waals surface area contributed by atoms with Crippen molar-refractivity contribution in [2.75, 3.05) is 19.8 Å². The van der Waals surface area contributed by atoms with Crippen molar-refractivity contribution in [3.05, 3.63) is 0 Å². The zero-order valence-electron chi connectivity index (χ0n) is 10.8. The van der Waals surface area contributed by atoms with Gasteiger partial charge >= 0.3 is 5.97 Å². The van der Waals surface area contributed by atoms with Crippen LogP contribution in [0.1, 0.15) is 51.9 Å². The summed E-state index contributed by atoms with van der Waals surface area (Å²) in [6.07, 6.45) is 6.82. The highest BCUT2D eigenvalue weighted by atomic mass is 16.5. The maximum absolute atomic E-state index is 11.2. The van der Waals surface area contributed by atoms with Gasteiger partial charge in [0, 0.05) is 13.2 Å². The highest BCUT2D eigenvalue weighted by Crippen LogP contribution is 2.29. The fourth-order valence-electron chi connectivity index (χ4n) is 2.42. The van der Waals surface area contributed by atoms with Crippen molar-refractivity contribution >= 4 is 5.97 Å². The fraction of sp³-hybridized carbons (Fsp3) is 0.923. The van der Waals surface area contributed by atoms with E-state index in [1.165, 1.54) is 0 Å². The van der Waals surface area contributed by atoms with Gasteiger partial charge in [-0.3, -0.25) is 4.79 Å². The van der Waals surface area contributed by atoms with E-state index < -0.39 is 11.5 Å². The molecule has 1 aliphatic carbocycles. The number of carboxylic acids is 1. The summed E-state index contributed by atoms with van der Waals surface area (Å²) in [5, 5.41) is 12.5. The minimum atomic E-state index is -0.677. The largest absolute Gasteiger partial charge is 0.480 e. The van der Waals surface area contributed by atoms with Gasteiger partial charge in [-0.25, -0.2) is 0 Å². The van der Waals surface area contributed by atoms with E-state index in [2.05, 4.69) is 5.32 Å². The number of hydrogen-bond acceptors (Lipinski definition) is 3. The summed E-state index contributed by atoms with van der Waals surface area (Å²) in [6, 6.07) is 0. The smallest absolute Gasteiger partial charge is 0.323 e. The second-order valence-electron chi connectivity index (χ2n) is 4.78. The van der Waals surface area contributed by atoms with E-state index >= 15 is 0 Å². The van der Waals surface area contributed by atoms with Crippen LogP contribution < -0.4 is 5.32 Å². The molecule has 4 heteroatoms. The number of hydrogen-bond donors (Lipinski definition) is 2. The maximum atomic E-state index is 11.2. The van der Waals surface area contributed by atoms with Gasteiger partial charge in [0.15, 0.2) is 0 Å². The molecule has 0 aromatic rings. The molecule has 0 saturated heterocycles. The van der Waals surface area contributed by atoms with Gasteiger partial charge in [-0.05, 0) is 45.6 Å². The second-order valence-corrected chi connectivity index (χ2v) is 4.78. The summed E-state index contributed by atoms with van der Waals surface area (Å²) >= 11 is 0. The first-order valence-electron chi connectivity index (χ1n) is 6.77. The van der Waals surface area contributed by atoms with Gasteiger partial charge in [0.25, 0.3) is 0 Å². The molecule has 0 aliphatic heterocycles. The Kier molecular flexibility index (Phi) is 6.52.